The fraction of sp³-hybridized carbons (Fsp3) is 0.0556. The Morgan fingerprint density at radius 1 is 1.20 bits per heavy atom. The first kappa shape index (κ1) is 15.8. The third-order valence-electron chi connectivity index (χ3n) is 3.80. The summed E-state index contributed by atoms with van der Waals surface area (Å²) in [6.45, 7) is 0.0947. The number of aromatic nitrogens is 2. The van der Waals surface area contributed by atoms with Crippen molar-refractivity contribution in [2.24, 2.45) is 0 Å². The molecule has 25 heavy (non-hydrogen) atoms. The molecule has 0 spiro atoms. The van der Waals surface area contributed by atoms with Crippen LogP contribution in [0.3, 0.4) is 0 Å². The molecule has 0 atom stereocenters. The van der Waals surface area contributed by atoms with Gasteiger partial charge in [0, 0.05) is 22.7 Å². The van der Waals surface area contributed by atoms with E-state index in [1.54, 1.807) is 29.0 Å². The Morgan fingerprint density at radius 3 is 2.92 bits per heavy atom. The van der Waals surface area contributed by atoms with Crippen LogP contribution in [0.4, 0.5) is 5.13 Å². The molecule has 0 saturated carbocycles. The second kappa shape index (κ2) is 6.31. The van der Waals surface area contributed by atoms with Crippen molar-refractivity contribution in [2.75, 3.05) is 5.32 Å². The maximum atomic E-state index is 12.4. The largest absolute Gasteiger partial charge is 0.338 e. The number of para-hydroxylation sites is 1. The number of pyridine rings is 1. The van der Waals surface area contributed by atoms with Gasteiger partial charge in [-0.05, 0) is 30.3 Å². The molecule has 0 aliphatic rings. The lowest BCUT2D eigenvalue weighted by atomic mass is 10.2. The van der Waals surface area contributed by atoms with E-state index < -0.39 is 0 Å². The van der Waals surface area contributed by atoms with Gasteiger partial charge in [0.15, 0.2) is 10.6 Å². The lowest BCUT2D eigenvalue weighted by Crippen LogP contribution is -2.20. The summed E-state index contributed by atoms with van der Waals surface area (Å²) in [5, 5.41) is 4.55. The van der Waals surface area contributed by atoms with Crippen LogP contribution in [0.5, 0.6) is 0 Å². The van der Waals surface area contributed by atoms with E-state index >= 15 is 0 Å². The number of carbonyl (C=O) groups excluding carboxylic acids is 1. The molecule has 0 aliphatic heterocycles. The molecule has 2 aromatic carbocycles. The van der Waals surface area contributed by atoms with Crippen LogP contribution in [0.15, 0.2) is 59.5 Å². The van der Waals surface area contributed by atoms with Crippen LogP contribution < -0.4 is 10.7 Å². The number of nitrogens with zero attached hydrogens (tertiary/aromatic N) is 2. The molecule has 4 rings (SSSR count). The van der Waals surface area contributed by atoms with Crippen molar-refractivity contribution in [2.45, 2.75) is 6.54 Å². The maximum absolute atomic E-state index is 12.4. The molecule has 0 aliphatic carbocycles. The van der Waals surface area contributed by atoms with Gasteiger partial charge < -0.3 is 9.88 Å². The number of hydrogen-bond donors (Lipinski definition) is 1. The first-order valence-electron chi connectivity index (χ1n) is 7.54. The first-order chi connectivity index (χ1) is 12.1. The molecule has 0 unspecified atom stereocenters. The number of halogens is 1. The van der Waals surface area contributed by atoms with E-state index in [-0.39, 0.29) is 17.9 Å². The van der Waals surface area contributed by atoms with Crippen molar-refractivity contribution in [1.29, 1.82) is 0 Å². The number of rotatable bonds is 3. The quantitative estimate of drug-likeness (QED) is 0.595. The highest BCUT2D eigenvalue weighted by atomic mass is 35.5. The van der Waals surface area contributed by atoms with Crippen LogP contribution in [-0.2, 0) is 11.3 Å². The van der Waals surface area contributed by atoms with Gasteiger partial charge in [0.25, 0.3) is 0 Å². The molecule has 4 aromatic rings. The molecule has 0 bridgehead atoms. The van der Waals surface area contributed by atoms with Gasteiger partial charge in [0.05, 0.1) is 15.7 Å². The molecule has 2 heterocycles. The van der Waals surface area contributed by atoms with E-state index in [0.717, 1.165) is 15.7 Å². The number of anilines is 1. The summed E-state index contributed by atoms with van der Waals surface area (Å²) >= 11 is 7.34. The highest BCUT2D eigenvalue weighted by Gasteiger charge is 2.10. The normalized spacial score (nSPS) is 11.1. The van der Waals surface area contributed by atoms with Crippen molar-refractivity contribution < 1.29 is 4.79 Å². The monoisotopic (exact) mass is 369 g/mol. The summed E-state index contributed by atoms with van der Waals surface area (Å²) in [5.74, 6) is -0.209. The Morgan fingerprint density at radius 2 is 2.04 bits per heavy atom. The summed E-state index contributed by atoms with van der Waals surface area (Å²) in [4.78, 5) is 28.7. The van der Waals surface area contributed by atoms with Gasteiger partial charge in [-0.15, -0.1) is 0 Å². The van der Waals surface area contributed by atoms with Gasteiger partial charge in [-0.25, -0.2) is 4.98 Å². The van der Waals surface area contributed by atoms with Crippen LogP contribution >= 0.6 is 22.9 Å². The minimum atomic E-state index is -0.209. The highest BCUT2D eigenvalue weighted by Crippen LogP contribution is 2.28. The van der Waals surface area contributed by atoms with Crippen molar-refractivity contribution in [1.82, 2.24) is 9.55 Å². The Hall–Kier alpha value is -2.70. The van der Waals surface area contributed by atoms with E-state index in [9.17, 15) is 9.59 Å². The molecule has 0 fully saturated rings. The SMILES string of the molecule is O=C(Cn1ccc(=O)c2ccccc21)Nc1nc2ccc(Cl)cc2s1. The molecule has 0 radical (unpaired) electrons. The topological polar surface area (TPSA) is 64.0 Å². The predicted molar refractivity (Wildman–Crippen MR) is 101 cm³/mol. The molecule has 0 saturated heterocycles. The number of fused-ring (bicyclic) bond motifs is 2. The van der Waals surface area contributed by atoms with Crippen LogP contribution in [0.25, 0.3) is 21.1 Å². The Labute approximate surface area is 151 Å². The summed E-state index contributed by atoms with van der Waals surface area (Å²) in [6.07, 6.45) is 1.63. The Balaban J connectivity index is 1.60. The van der Waals surface area contributed by atoms with Crippen LogP contribution in [-0.4, -0.2) is 15.5 Å². The van der Waals surface area contributed by atoms with Gasteiger partial charge in [-0.2, -0.15) is 0 Å². The summed E-state index contributed by atoms with van der Waals surface area (Å²) in [6, 6.07) is 14.1. The Bertz CT molecular complexity index is 1170. The van der Waals surface area contributed by atoms with E-state index in [0.29, 0.717) is 15.5 Å². The molecule has 2 aromatic heterocycles. The number of nitrogens with one attached hydrogen (secondary N) is 1. The van der Waals surface area contributed by atoms with Crippen LogP contribution in [0.1, 0.15) is 0 Å². The van der Waals surface area contributed by atoms with Crippen LogP contribution in [0, 0.1) is 0 Å². The number of amides is 1. The average Bonchev–Trinajstić information content (AvgIpc) is 2.99. The van der Waals surface area contributed by atoms with Gasteiger partial charge in [-0.3, -0.25) is 9.59 Å². The molecular weight excluding hydrogens is 358 g/mol. The number of carbonyl (C=O) groups is 1. The molecule has 1 N–H and O–H groups in total. The van der Waals surface area contributed by atoms with Crippen LogP contribution in [0.2, 0.25) is 5.02 Å². The van der Waals surface area contributed by atoms with Crippen molar-refractivity contribution in [3.63, 3.8) is 0 Å². The van der Waals surface area contributed by atoms with E-state index in [1.165, 1.54) is 17.4 Å². The second-order valence-corrected chi connectivity index (χ2v) is 6.97. The summed E-state index contributed by atoms with van der Waals surface area (Å²) in [5.41, 5.74) is 1.45. The average molecular weight is 370 g/mol. The van der Waals surface area contributed by atoms with Gasteiger partial charge in [0.1, 0.15) is 6.54 Å². The van der Waals surface area contributed by atoms with Crippen molar-refractivity contribution in [3.05, 3.63) is 70.0 Å². The number of hydrogen-bond acceptors (Lipinski definition) is 4. The smallest absolute Gasteiger partial charge is 0.246 e. The standard InChI is InChI=1S/C18H12ClN3O2S/c19-11-5-6-13-16(9-11)25-18(20-13)21-17(24)10-22-8-7-15(23)12-3-1-2-4-14(12)22/h1-9H,10H2,(H,20,21,24). The third-order valence-corrected chi connectivity index (χ3v) is 4.96. The van der Waals surface area contributed by atoms with E-state index in [4.69, 9.17) is 11.6 Å². The zero-order valence-electron chi connectivity index (χ0n) is 12.9. The van der Waals surface area contributed by atoms with Gasteiger partial charge in [-0.1, -0.05) is 35.1 Å². The maximum Gasteiger partial charge on any atom is 0.246 e. The van der Waals surface area contributed by atoms with E-state index in [1.807, 2.05) is 24.3 Å². The van der Waals surface area contributed by atoms with Crippen molar-refractivity contribution >= 4 is 55.1 Å². The van der Waals surface area contributed by atoms with Gasteiger partial charge >= 0.3 is 0 Å². The predicted octanol–water partition coefficient (Wildman–Crippen LogP) is 3.90. The summed E-state index contributed by atoms with van der Waals surface area (Å²) < 4.78 is 2.66. The first-order valence-corrected chi connectivity index (χ1v) is 8.74. The number of thiazole rings is 1. The fourth-order valence-corrected chi connectivity index (χ4v) is 3.82. The minimum absolute atomic E-state index is 0.0599. The molecule has 1 amide bonds. The fourth-order valence-electron chi connectivity index (χ4n) is 2.66. The lowest BCUT2D eigenvalue weighted by Gasteiger charge is -2.09. The zero-order chi connectivity index (χ0) is 17.4. The van der Waals surface area contributed by atoms with E-state index in [2.05, 4.69) is 10.3 Å². The molecule has 7 heteroatoms. The molecule has 124 valence electrons. The van der Waals surface area contributed by atoms with Crippen molar-refractivity contribution in [3.8, 4) is 0 Å². The number of benzene rings is 2. The third kappa shape index (κ3) is 3.14. The summed E-state index contributed by atoms with van der Waals surface area (Å²) in [7, 11) is 0. The lowest BCUT2D eigenvalue weighted by molar-refractivity contribution is -0.116. The Kier molecular flexibility index (Phi) is 3.99. The highest BCUT2D eigenvalue weighted by molar-refractivity contribution is 7.22. The minimum Gasteiger partial charge on any atom is -0.338 e. The second-order valence-electron chi connectivity index (χ2n) is 5.50. The van der Waals surface area contributed by atoms with Gasteiger partial charge in [0.2, 0.25) is 5.91 Å². The molecule has 5 nitrogen and oxygen atoms in total. The zero-order valence-corrected chi connectivity index (χ0v) is 14.5. The molecular formula is C18H12ClN3O2S.